The van der Waals surface area contributed by atoms with Gasteiger partial charge >= 0.3 is 0 Å². The molecular weight excluding hydrogens is 282 g/mol. The van der Waals surface area contributed by atoms with Gasteiger partial charge in [0.05, 0.1) is 5.69 Å². The van der Waals surface area contributed by atoms with Crippen molar-refractivity contribution in [1.29, 1.82) is 0 Å². The number of anilines is 1. The molecule has 0 saturated carbocycles. The zero-order valence-electron chi connectivity index (χ0n) is 9.83. The van der Waals surface area contributed by atoms with Crippen molar-refractivity contribution in [2.45, 2.75) is 20.3 Å². The van der Waals surface area contributed by atoms with E-state index in [4.69, 9.17) is 4.52 Å². The Balaban J connectivity index is 1.90. The van der Waals surface area contributed by atoms with Gasteiger partial charge in [-0.3, -0.25) is 0 Å². The number of nitrogens with zero attached hydrogens (tertiary/aromatic N) is 2. The maximum atomic E-state index is 5.11. The van der Waals surface area contributed by atoms with Gasteiger partial charge in [0.2, 0.25) is 0 Å². The number of rotatable bonds is 4. The van der Waals surface area contributed by atoms with Crippen molar-refractivity contribution in [3.63, 3.8) is 0 Å². The Morgan fingerprint density at radius 2 is 2.18 bits per heavy atom. The molecule has 17 heavy (non-hydrogen) atoms. The maximum absolute atomic E-state index is 5.11. The van der Waals surface area contributed by atoms with Crippen LogP contribution in [0.25, 0.3) is 0 Å². The lowest BCUT2D eigenvalue weighted by atomic mass is 10.1. The second-order valence-electron chi connectivity index (χ2n) is 3.84. The molecular formula is C12H14BrN3O. The van der Waals surface area contributed by atoms with E-state index in [1.165, 1.54) is 5.56 Å². The van der Waals surface area contributed by atoms with Crippen LogP contribution in [-0.4, -0.2) is 16.7 Å². The average molecular weight is 296 g/mol. The summed E-state index contributed by atoms with van der Waals surface area (Å²) in [6.07, 6.45) is 2.66. The Bertz CT molecular complexity index is 473. The molecule has 0 amide bonds. The lowest BCUT2D eigenvalue weighted by Crippen LogP contribution is -2.07. The van der Waals surface area contributed by atoms with Crippen LogP contribution in [0.15, 0.2) is 27.3 Å². The largest absolute Gasteiger partial charge is 0.370 e. The number of aryl methyl sites for hydroxylation is 2. The summed E-state index contributed by atoms with van der Waals surface area (Å²) < 4.78 is 6.09. The molecule has 0 atom stereocenters. The fraction of sp³-hybridized carbons (Fsp3) is 0.333. The van der Waals surface area contributed by atoms with E-state index in [0.717, 1.165) is 34.7 Å². The van der Waals surface area contributed by atoms with E-state index in [0.29, 0.717) is 0 Å². The van der Waals surface area contributed by atoms with Crippen molar-refractivity contribution in [3.8, 4) is 0 Å². The first-order chi connectivity index (χ1) is 8.16. The van der Waals surface area contributed by atoms with E-state index < -0.39 is 0 Å². The minimum Gasteiger partial charge on any atom is -0.370 e. The molecule has 1 N–H and O–H groups in total. The van der Waals surface area contributed by atoms with E-state index in [1.54, 1.807) is 6.20 Å². The summed E-state index contributed by atoms with van der Waals surface area (Å²) in [5, 5.41) is 7.19. The summed E-state index contributed by atoms with van der Waals surface area (Å²) in [5.41, 5.74) is 2.14. The van der Waals surface area contributed by atoms with Crippen molar-refractivity contribution in [3.05, 3.63) is 39.8 Å². The molecule has 2 heterocycles. The number of aromatic nitrogens is 2. The maximum Gasteiger partial charge on any atom is 0.137 e. The number of pyridine rings is 1. The van der Waals surface area contributed by atoms with Crippen molar-refractivity contribution >= 4 is 21.7 Å². The van der Waals surface area contributed by atoms with E-state index in [1.807, 2.05) is 26.0 Å². The highest BCUT2D eigenvalue weighted by Crippen LogP contribution is 2.14. The summed E-state index contributed by atoms with van der Waals surface area (Å²) in [4.78, 5) is 4.24. The van der Waals surface area contributed by atoms with Crippen molar-refractivity contribution in [2.24, 2.45) is 0 Å². The molecule has 0 aliphatic heterocycles. The molecule has 0 aromatic carbocycles. The smallest absolute Gasteiger partial charge is 0.137 e. The molecule has 0 bridgehead atoms. The van der Waals surface area contributed by atoms with E-state index >= 15 is 0 Å². The molecule has 90 valence electrons. The standard InChI is InChI=1S/C12H14BrN3O/c1-8-11(9(2)17-16-8)5-6-14-12-4-3-10(13)7-15-12/h3-4,7H,5-6H2,1-2H3,(H,14,15). The van der Waals surface area contributed by atoms with Gasteiger partial charge < -0.3 is 9.84 Å². The van der Waals surface area contributed by atoms with Crippen LogP contribution in [0.3, 0.4) is 0 Å². The quantitative estimate of drug-likeness (QED) is 0.942. The highest BCUT2D eigenvalue weighted by molar-refractivity contribution is 9.10. The van der Waals surface area contributed by atoms with Gasteiger partial charge in [-0.1, -0.05) is 5.16 Å². The predicted octanol–water partition coefficient (Wildman–Crippen LogP) is 3.10. The van der Waals surface area contributed by atoms with Crippen LogP contribution in [0.4, 0.5) is 5.82 Å². The van der Waals surface area contributed by atoms with Crippen LogP contribution >= 0.6 is 15.9 Å². The first-order valence-electron chi connectivity index (χ1n) is 5.44. The molecule has 0 fully saturated rings. The van der Waals surface area contributed by atoms with Crippen LogP contribution < -0.4 is 5.32 Å². The highest BCUT2D eigenvalue weighted by atomic mass is 79.9. The lowest BCUT2D eigenvalue weighted by Gasteiger charge is -2.05. The second kappa shape index (κ2) is 5.31. The summed E-state index contributed by atoms with van der Waals surface area (Å²) in [5.74, 6) is 1.77. The zero-order chi connectivity index (χ0) is 12.3. The number of halogens is 1. The Hall–Kier alpha value is -1.36. The number of hydrogen-bond acceptors (Lipinski definition) is 4. The first kappa shape index (κ1) is 12.1. The summed E-state index contributed by atoms with van der Waals surface area (Å²) in [6, 6.07) is 3.91. The van der Waals surface area contributed by atoms with Crippen LogP contribution in [0, 0.1) is 13.8 Å². The van der Waals surface area contributed by atoms with Gasteiger partial charge in [-0.2, -0.15) is 0 Å². The van der Waals surface area contributed by atoms with Crippen molar-refractivity contribution in [2.75, 3.05) is 11.9 Å². The fourth-order valence-electron chi connectivity index (χ4n) is 1.65. The number of hydrogen-bond donors (Lipinski definition) is 1. The van der Waals surface area contributed by atoms with Gasteiger partial charge in [0.1, 0.15) is 11.6 Å². The molecule has 0 saturated heterocycles. The third-order valence-corrected chi connectivity index (χ3v) is 3.06. The average Bonchev–Trinajstić information content (AvgIpc) is 2.63. The normalized spacial score (nSPS) is 10.5. The predicted molar refractivity (Wildman–Crippen MR) is 70.1 cm³/mol. The second-order valence-corrected chi connectivity index (χ2v) is 4.76. The minimum atomic E-state index is 0.817. The van der Waals surface area contributed by atoms with E-state index in [-0.39, 0.29) is 0 Å². The summed E-state index contributed by atoms with van der Waals surface area (Å²) in [7, 11) is 0. The van der Waals surface area contributed by atoms with Gasteiger partial charge in [-0.25, -0.2) is 4.98 Å². The first-order valence-corrected chi connectivity index (χ1v) is 6.23. The topological polar surface area (TPSA) is 51.0 Å². The molecule has 0 aliphatic rings. The van der Waals surface area contributed by atoms with Gasteiger partial charge in [0.15, 0.2) is 0 Å². The van der Waals surface area contributed by atoms with E-state index in [2.05, 4.69) is 31.4 Å². The van der Waals surface area contributed by atoms with Gasteiger partial charge in [-0.05, 0) is 48.3 Å². The third kappa shape index (κ3) is 3.06. The monoisotopic (exact) mass is 295 g/mol. The van der Waals surface area contributed by atoms with Crippen LogP contribution in [0.5, 0.6) is 0 Å². The molecule has 0 aliphatic carbocycles. The minimum absolute atomic E-state index is 0.817. The molecule has 2 aromatic heterocycles. The Morgan fingerprint density at radius 3 is 2.76 bits per heavy atom. The third-order valence-electron chi connectivity index (χ3n) is 2.59. The highest BCUT2D eigenvalue weighted by Gasteiger charge is 2.07. The van der Waals surface area contributed by atoms with E-state index in [9.17, 15) is 0 Å². The van der Waals surface area contributed by atoms with Gasteiger partial charge in [-0.15, -0.1) is 0 Å². The lowest BCUT2D eigenvalue weighted by molar-refractivity contribution is 0.392. The van der Waals surface area contributed by atoms with Crippen molar-refractivity contribution in [1.82, 2.24) is 10.1 Å². The van der Waals surface area contributed by atoms with Crippen LogP contribution in [0.2, 0.25) is 0 Å². The molecule has 4 nitrogen and oxygen atoms in total. The number of nitrogens with one attached hydrogen (secondary N) is 1. The summed E-state index contributed by atoms with van der Waals surface area (Å²) >= 11 is 3.35. The van der Waals surface area contributed by atoms with Gasteiger partial charge in [0.25, 0.3) is 0 Å². The Kier molecular flexibility index (Phi) is 3.78. The molecule has 0 unspecified atom stereocenters. The Morgan fingerprint density at radius 1 is 1.35 bits per heavy atom. The van der Waals surface area contributed by atoms with Gasteiger partial charge in [0, 0.05) is 22.8 Å². The molecule has 5 heteroatoms. The van der Waals surface area contributed by atoms with Crippen molar-refractivity contribution < 1.29 is 4.52 Å². The molecule has 2 aromatic rings. The summed E-state index contributed by atoms with van der Waals surface area (Å²) in [6.45, 7) is 4.72. The Labute approximate surface area is 109 Å². The SMILES string of the molecule is Cc1noc(C)c1CCNc1ccc(Br)cn1. The molecule has 0 radical (unpaired) electrons. The fourth-order valence-corrected chi connectivity index (χ4v) is 1.89. The zero-order valence-corrected chi connectivity index (χ0v) is 11.4. The van der Waals surface area contributed by atoms with Crippen LogP contribution in [-0.2, 0) is 6.42 Å². The molecule has 0 spiro atoms. The van der Waals surface area contributed by atoms with Crippen LogP contribution in [0.1, 0.15) is 17.0 Å². The molecule has 2 rings (SSSR count).